The maximum absolute atomic E-state index is 11.1. The molecule has 0 spiro atoms. The predicted molar refractivity (Wildman–Crippen MR) is 76.6 cm³/mol. The summed E-state index contributed by atoms with van der Waals surface area (Å²) in [6.07, 6.45) is 2.65. The van der Waals surface area contributed by atoms with Gasteiger partial charge in [-0.3, -0.25) is 0 Å². The Bertz CT molecular complexity index is 511. The maximum Gasteiger partial charge on any atom is 0.333 e. The Morgan fingerprint density at radius 3 is 2.05 bits per heavy atom. The first kappa shape index (κ1) is 14.6. The number of nitrogens with zero attached hydrogens (tertiary/aromatic N) is 1. The molecule has 0 saturated heterocycles. The fourth-order valence-electron chi connectivity index (χ4n) is 2.95. The third kappa shape index (κ3) is 2.20. The summed E-state index contributed by atoms with van der Waals surface area (Å²) < 4.78 is 4.56. The molecular formula is C16H21NO3. The number of fused-ring (bicyclic) bond motifs is 1. The average Bonchev–Trinajstić information content (AvgIpc) is 2.56. The summed E-state index contributed by atoms with van der Waals surface area (Å²) in [7, 11) is 1.34. The van der Waals surface area contributed by atoms with Crippen molar-refractivity contribution in [2.75, 3.05) is 7.11 Å². The van der Waals surface area contributed by atoms with E-state index in [-0.39, 0.29) is 11.1 Å². The van der Waals surface area contributed by atoms with Crippen LogP contribution in [0.1, 0.15) is 38.8 Å². The Kier molecular flexibility index (Phi) is 3.61. The molecule has 4 heteroatoms. The van der Waals surface area contributed by atoms with Crippen LogP contribution in [-0.4, -0.2) is 18.1 Å². The lowest BCUT2D eigenvalue weighted by atomic mass is 9.91. The third-order valence-electron chi connectivity index (χ3n) is 3.83. The van der Waals surface area contributed by atoms with Gasteiger partial charge in [0, 0.05) is 0 Å². The minimum absolute atomic E-state index is 0.277. The SMILES string of the molecule is COC(=O)/C=C/ON1C(C)(C)c2ccccc2C1(C)C. The van der Waals surface area contributed by atoms with Crippen LogP contribution in [0, 0.1) is 0 Å². The topological polar surface area (TPSA) is 38.8 Å². The minimum atomic E-state index is -0.433. The molecule has 108 valence electrons. The number of rotatable bonds is 3. The molecule has 0 aromatic heterocycles. The highest BCUT2D eigenvalue weighted by atomic mass is 16.7. The molecule has 0 N–H and O–H groups in total. The first-order chi connectivity index (χ1) is 9.31. The van der Waals surface area contributed by atoms with Gasteiger partial charge >= 0.3 is 5.97 Å². The second-order valence-corrected chi connectivity index (χ2v) is 5.89. The van der Waals surface area contributed by atoms with Gasteiger partial charge in [0.25, 0.3) is 0 Å². The Labute approximate surface area is 119 Å². The van der Waals surface area contributed by atoms with E-state index in [1.54, 1.807) is 0 Å². The van der Waals surface area contributed by atoms with Gasteiger partial charge in [-0.15, -0.1) is 5.06 Å². The van der Waals surface area contributed by atoms with E-state index in [2.05, 4.69) is 44.6 Å². The van der Waals surface area contributed by atoms with E-state index in [0.717, 1.165) is 0 Å². The zero-order chi connectivity index (χ0) is 15.0. The van der Waals surface area contributed by atoms with Crippen molar-refractivity contribution in [2.45, 2.75) is 38.8 Å². The van der Waals surface area contributed by atoms with E-state index in [1.165, 1.54) is 30.6 Å². The van der Waals surface area contributed by atoms with Gasteiger partial charge < -0.3 is 9.57 Å². The molecule has 0 aliphatic carbocycles. The number of hydrogen-bond donors (Lipinski definition) is 0. The van der Waals surface area contributed by atoms with E-state index >= 15 is 0 Å². The number of carbonyl (C=O) groups excluding carboxylic acids is 1. The highest BCUT2D eigenvalue weighted by molar-refractivity contribution is 5.81. The van der Waals surface area contributed by atoms with Gasteiger partial charge in [-0.25, -0.2) is 4.79 Å². The molecule has 0 amide bonds. The quantitative estimate of drug-likeness (QED) is 0.483. The molecule has 1 aromatic rings. The summed E-state index contributed by atoms with van der Waals surface area (Å²) in [5, 5.41) is 1.91. The first-order valence-corrected chi connectivity index (χ1v) is 6.63. The van der Waals surface area contributed by atoms with Crippen molar-refractivity contribution in [1.82, 2.24) is 5.06 Å². The van der Waals surface area contributed by atoms with E-state index in [1.807, 2.05) is 17.2 Å². The number of carbonyl (C=O) groups is 1. The fraction of sp³-hybridized carbons (Fsp3) is 0.438. The molecule has 0 saturated carbocycles. The maximum atomic E-state index is 11.1. The summed E-state index contributed by atoms with van der Waals surface area (Å²) in [5.74, 6) is -0.433. The minimum Gasteiger partial charge on any atom is -0.466 e. The lowest BCUT2D eigenvalue weighted by Crippen LogP contribution is -2.44. The van der Waals surface area contributed by atoms with Gasteiger partial charge in [-0.2, -0.15) is 0 Å². The number of esters is 1. The zero-order valence-electron chi connectivity index (χ0n) is 12.6. The van der Waals surface area contributed by atoms with Crippen LogP contribution in [0.5, 0.6) is 0 Å². The number of methoxy groups -OCH3 is 1. The summed E-state index contributed by atoms with van der Waals surface area (Å²) in [5.41, 5.74) is 1.91. The Balaban J connectivity index is 2.31. The third-order valence-corrected chi connectivity index (χ3v) is 3.83. The van der Waals surface area contributed by atoms with Crippen molar-refractivity contribution in [3.63, 3.8) is 0 Å². The molecule has 1 heterocycles. The van der Waals surface area contributed by atoms with Crippen molar-refractivity contribution < 1.29 is 14.4 Å². The van der Waals surface area contributed by atoms with Crippen LogP contribution < -0.4 is 0 Å². The molecule has 0 radical (unpaired) electrons. The van der Waals surface area contributed by atoms with Crippen molar-refractivity contribution >= 4 is 5.97 Å². The summed E-state index contributed by atoms with van der Waals surface area (Å²) >= 11 is 0. The first-order valence-electron chi connectivity index (χ1n) is 6.63. The van der Waals surface area contributed by atoms with Gasteiger partial charge in [0.05, 0.1) is 24.3 Å². The van der Waals surface area contributed by atoms with Crippen LogP contribution in [-0.2, 0) is 25.4 Å². The van der Waals surface area contributed by atoms with Gasteiger partial charge in [-0.05, 0) is 38.8 Å². The largest absolute Gasteiger partial charge is 0.466 e. The molecule has 0 fully saturated rings. The summed E-state index contributed by atoms with van der Waals surface area (Å²) in [6.45, 7) is 8.41. The van der Waals surface area contributed by atoms with Crippen LogP contribution in [0.2, 0.25) is 0 Å². The molecule has 20 heavy (non-hydrogen) atoms. The number of benzene rings is 1. The second-order valence-electron chi connectivity index (χ2n) is 5.89. The predicted octanol–water partition coefficient (Wildman–Crippen LogP) is 3.09. The summed E-state index contributed by atoms with van der Waals surface area (Å²) in [6, 6.07) is 8.30. The highest BCUT2D eigenvalue weighted by Gasteiger charge is 2.50. The van der Waals surface area contributed by atoms with Crippen LogP contribution in [0.15, 0.2) is 36.6 Å². The van der Waals surface area contributed by atoms with Gasteiger partial charge in [-0.1, -0.05) is 24.3 Å². The Morgan fingerprint density at radius 1 is 1.10 bits per heavy atom. The smallest absolute Gasteiger partial charge is 0.333 e. The molecular weight excluding hydrogens is 254 g/mol. The summed E-state index contributed by atoms with van der Waals surface area (Å²) in [4.78, 5) is 16.9. The molecule has 1 aromatic carbocycles. The molecule has 0 bridgehead atoms. The lowest BCUT2D eigenvalue weighted by Gasteiger charge is -2.38. The number of hydrogen-bond acceptors (Lipinski definition) is 4. The zero-order valence-corrected chi connectivity index (χ0v) is 12.6. The fourth-order valence-corrected chi connectivity index (χ4v) is 2.95. The van der Waals surface area contributed by atoms with Gasteiger partial charge in [0.15, 0.2) is 0 Å². The van der Waals surface area contributed by atoms with E-state index < -0.39 is 5.97 Å². The number of ether oxygens (including phenoxy) is 1. The van der Waals surface area contributed by atoms with Crippen molar-refractivity contribution in [3.8, 4) is 0 Å². The van der Waals surface area contributed by atoms with Crippen molar-refractivity contribution in [1.29, 1.82) is 0 Å². The Morgan fingerprint density at radius 2 is 1.60 bits per heavy atom. The van der Waals surface area contributed by atoms with Crippen LogP contribution in [0.25, 0.3) is 0 Å². The monoisotopic (exact) mass is 275 g/mol. The van der Waals surface area contributed by atoms with Crippen molar-refractivity contribution in [3.05, 3.63) is 47.7 Å². The second kappa shape index (κ2) is 4.94. The Hall–Kier alpha value is -1.81. The number of hydroxylamine groups is 2. The molecule has 2 rings (SSSR count). The van der Waals surface area contributed by atoms with Crippen molar-refractivity contribution in [2.24, 2.45) is 0 Å². The molecule has 0 atom stereocenters. The lowest BCUT2D eigenvalue weighted by molar-refractivity contribution is -0.222. The van der Waals surface area contributed by atoms with Crippen LogP contribution in [0.4, 0.5) is 0 Å². The van der Waals surface area contributed by atoms with Gasteiger partial charge in [0.1, 0.15) is 6.26 Å². The normalized spacial score (nSPS) is 19.9. The van der Waals surface area contributed by atoms with E-state index in [4.69, 9.17) is 4.84 Å². The molecule has 0 unspecified atom stereocenters. The van der Waals surface area contributed by atoms with Gasteiger partial charge in [0.2, 0.25) is 0 Å². The average molecular weight is 275 g/mol. The van der Waals surface area contributed by atoms with E-state index in [9.17, 15) is 4.79 Å². The highest BCUT2D eigenvalue weighted by Crippen LogP contribution is 2.49. The standard InChI is InChI=1S/C16H21NO3/c1-15(2)12-8-6-7-9-13(12)16(3,4)17(15)20-11-10-14(18)19-5/h6-11H,1-5H3/b11-10+. The molecule has 4 nitrogen and oxygen atoms in total. The molecule has 1 aliphatic rings. The van der Waals surface area contributed by atoms with Crippen LogP contribution >= 0.6 is 0 Å². The van der Waals surface area contributed by atoms with Crippen LogP contribution in [0.3, 0.4) is 0 Å². The molecule has 1 aliphatic heterocycles. The van der Waals surface area contributed by atoms with E-state index in [0.29, 0.717) is 0 Å².